The predicted octanol–water partition coefficient (Wildman–Crippen LogP) is 2.87. The first-order valence-electron chi connectivity index (χ1n) is 9.10. The highest BCUT2D eigenvalue weighted by Gasteiger charge is 2.23. The van der Waals surface area contributed by atoms with Crippen LogP contribution < -0.4 is 15.0 Å². The third kappa shape index (κ3) is 4.07. The largest absolute Gasteiger partial charge is 0.495 e. The van der Waals surface area contributed by atoms with Crippen molar-refractivity contribution in [3.05, 3.63) is 48.2 Å². The zero-order valence-corrected chi connectivity index (χ0v) is 15.4. The summed E-state index contributed by atoms with van der Waals surface area (Å²) in [7, 11) is 1.69. The van der Waals surface area contributed by atoms with Crippen LogP contribution in [0.4, 0.5) is 11.5 Å². The molecule has 0 atom stereocenters. The van der Waals surface area contributed by atoms with Gasteiger partial charge >= 0.3 is 0 Å². The van der Waals surface area contributed by atoms with Gasteiger partial charge in [-0.05, 0) is 30.7 Å². The lowest BCUT2D eigenvalue weighted by molar-refractivity contribution is 0.0746. The maximum absolute atomic E-state index is 12.7. The number of aromatic nitrogens is 1. The molecule has 1 saturated heterocycles. The molecule has 1 aromatic heterocycles. The van der Waals surface area contributed by atoms with E-state index < -0.39 is 0 Å². The van der Waals surface area contributed by atoms with Crippen LogP contribution in [0.1, 0.15) is 23.7 Å². The molecule has 0 aliphatic carbocycles. The van der Waals surface area contributed by atoms with Crippen molar-refractivity contribution < 1.29 is 9.53 Å². The Morgan fingerprint density at radius 1 is 1.15 bits per heavy atom. The number of rotatable bonds is 6. The number of carbonyl (C=O) groups is 1. The van der Waals surface area contributed by atoms with E-state index in [1.807, 2.05) is 35.2 Å². The Bertz CT molecular complexity index is 725. The molecule has 1 fully saturated rings. The molecule has 0 bridgehead atoms. The van der Waals surface area contributed by atoms with E-state index in [4.69, 9.17) is 4.74 Å². The van der Waals surface area contributed by atoms with Gasteiger partial charge in [-0.2, -0.15) is 0 Å². The van der Waals surface area contributed by atoms with E-state index in [9.17, 15) is 4.79 Å². The molecule has 1 aliphatic rings. The van der Waals surface area contributed by atoms with E-state index >= 15 is 0 Å². The van der Waals surface area contributed by atoms with Crippen molar-refractivity contribution in [1.82, 2.24) is 9.88 Å². The number of anilines is 2. The van der Waals surface area contributed by atoms with Gasteiger partial charge in [0.15, 0.2) is 0 Å². The smallest absolute Gasteiger partial charge is 0.255 e. The maximum atomic E-state index is 12.7. The first-order chi connectivity index (χ1) is 12.7. The Morgan fingerprint density at radius 3 is 2.58 bits per heavy atom. The summed E-state index contributed by atoms with van der Waals surface area (Å²) in [6.45, 7) is 5.94. The number of nitrogens with one attached hydrogen (secondary N) is 1. The minimum Gasteiger partial charge on any atom is -0.495 e. The molecular formula is C20H26N4O2. The third-order valence-electron chi connectivity index (χ3n) is 4.56. The normalized spacial score (nSPS) is 14.2. The number of hydrogen-bond acceptors (Lipinski definition) is 5. The number of benzene rings is 1. The molecule has 3 rings (SSSR count). The van der Waals surface area contributed by atoms with Gasteiger partial charge in [0.05, 0.1) is 18.4 Å². The Labute approximate surface area is 154 Å². The highest BCUT2D eigenvalue weighted by atomic mass is 16.5. The lowest BCUT2D eigenvalue weighted by Crippen LogP contribution is -2.48. The van der Waals surface area contributed by atoms with Gasteiger partial charge in [0, 0.05) is 38.9 Å². The van der Waals surface area contributed by atoms with Crippen LogP contribution >= 0.6 is 0 Å². The highest BCUT2D eigenvalue weighted by molar-refractivity contribution is 5.94. The highest BCUT2D eigenvalue weighted by Crippen LogP contribution is 2.28. The molecule has 6 heteroatoms. The van der Waals surface area contributed by atoms with Gasteiger partial charge in [-0.3, -0.25) is 4.79 Å². The van der Waals surface area contributed by atoms with Crippen LogP contribution in [0.5, 0.6) is 5.75 Å². The van der Waals surface area contributed by atoms with E-state index in [0.29, 0.717) is 18.7 Å². The molecule has 26 heavy (non-hydrogen) atoms. The molecule has 2 aromatic rings. The zero-order chi connectivity index (χ0) is 18.4. The predicted molar refractivity (Wildman–Crippen MR) is 104 cm³/mol. The summed E-state index contributed by atoms with van der Waals surface area (Å²) >= 11 is 0. The van der Waals surface area contributed by atoms with Crippen LogP contribution in [0.25, 0.3) is 0 Å². The number of amides is 1. The Balaban J connectivity index is 1.60. The van der Waals surface area contributed by atoms with Gasteiger partial charge in [0.25, 0.3) is 5.91 Å². The Hall–Kier alpha value is -2.76. The van der Waals surface area contributed by atoms with E-state index in [1.54, 1.807) is 13.3 Å². The Morgan fingerprint density at radius 2 is 1.92 bits per heavy atom. The fourth-order valence-corrected chi connectivity index (χ4v) is 3.10. The van der Waals surface area contributed by atoms with Gasteiger partial charge in [0.2, 0.25) is 0 Å². The lowest BCUT2D eigenvalue weighted by Gasteiger charge is -2.36. The fourth-order valence-electron chi connectivity index (χ4n) is 3.10. The number of carbonyl (C=O) groups excluding carboxylic acids is 1. The van der Waals surface area contributed by atoms with Crippen LogP contribution in [-0.2, 0) is 0 Å². The number of nitrogens with zero attached hydrogens (tertiary/aromatic N) is 3. The van der Waals surface area contributed by atoms with Crippen LogP contribution in [0, 0.1) is 0 Å². The van der Waals surface area contributed by atoms with Gasteiger partial charge < -0.3 is 19.9 Å². The second-order valence-corrected chi connectivity index (χ2v) is 6.31. The van der Waals surface area contributed by atoms with Crippen LogP contribution in [-0.4, -0.2) is 55.6 Å². The van der Waals surface area contributed by atoms with Crippen molar-refractivity contribution in [2.75, 3.05) is 50.1 Å². The van der Waals surface area contributed by atoms with Gasteiger partial charge in [-0.15, -0.1) is 0 Å². The Kier molecular flexibility index (Phi) is 5.94. The van der Waals surface area contributed by atoms with Crippen LogP contribution in [0.15, 0.2) is 42.6 Å². The minimum atomic E-state index is 0.0409. The summed E-state index contributed by atoms with van der Waals surface area (Å²) in [4.78, 5) is 21.2. The van der Waals surface area contributed by atoms with E-state index in [-0.39, 0.29) is 5.91 Å². The summed E-state index contributed by atoms with van der Waals surface area (Å²) in [5.41, 5.74) is 1.72. The average Bonchev–Trinajstić information content (AvgIpc) is 2.72. The number of para-hydroxylation sites is 2. The molecule has 0 radical (unpaired) electrons. The van der Waals surface area contributed by atoms with E-state index in [0.717, 1.165) is 43.3 Å². The van der Waals surface area contributed by atoms with Gasteiger partial charge in [-0.1, -0.05) is 19.1 Å². The number of ether oxygens (including phenoxy) is 1. The summed E-state index contributed by atoms with van der Waals surface area (Å²) in [5, 5.41) is 3.22. The summed E-state index contributed by atoms with van der Waals surface area (Å²) in [6.07, 6.45) is 2.70. The third-order valence-corrected chi connectivity index (χ3v) is 4.56. The summed E-state index contributed by atoms with van der Waals surface area (Å²) < 4.78 is 5.44. The van der Waals surface area contributed by atoms with Crippen molar-refractivity contribution in [3.8, 4) is 5.75 Å². The minimum absolute atomic E-state index is 0.0409. The number of piperazine rings is 1. The van der Waals surface area contributed by atoms with Gasteiger partial charge in [0.1, 0.15) is 11.6 Å². The number of pyridine rings is 1. The summed E-state index contributed by atoms with van der Waals surface area (Å²) in [5.74, 6) is 1.72. The molecule has 1 aromatic carbocycles. The standard InChI is InChI=1S/C20H26N4O2/c1-3-10-21-19-9-8-16(15-22-19)20(25)24-13-11-23(12-14-24)17-6-4-5-7-18(17)26-2/h4-9,15H,3,10-14H2,1-2H3,(H,21,22). The van der Waals surface area contributed by atoms with Gasteiger partial charge in [-0.25, -0.2) is 4.98 Å². The lowest BCUT2D eigenvalue weighted by atomic mass is 10.2. The quantitative estimate of drug-likeness (QED) is 0.864. The van der Waals surface area contributed by atoms with E-state index in [1.165, 1.54) is 0 Å². The number of methoxy groups -OCH3 is 1. The van der Waals surface area contributed by atoms with Crippen molar-refractivity contribution >= 4 is 17.4 Å². The molecule has 1 aliphatic heterocycles. The van der Waals surface area contributed by atoms with E-state index in [2.05, 4.69) is 28.2 Å². The van der Waals surface area contributed by atoms with Crippen molar-refractivity contribution in [2.45, 2.75) is 13.3 Å². The molecule has 0 saturated carbocycles. The molecule has 1 amide bonds. The molecule has 6 nitrogen and oxygen atoms in total. The topological polar surface area (TPSA) is 57.7 Å². The monoisotopic (exact) mass is 354 g/mol. The van der Waals surface area contributed by atoms with Crippen molar-refractivity contribution in [3.63, 3.8) is 0 Å². The molecule has 138 valence electrons. The maximum Gasteiger partial charge on any atom is 0.255 e. The molecular weight excluding hydrogens is 328 g/mol. The molecule has 2 heterocycles. The first kappa shape index (κ1) is 18.0. The second kappa shape index (κ2) is 8.56. The van der Waals surface area contributed by atoms with Crippen LogP contribution in [0.3, 0.4) is 0 Å². The first-order valence-corrected chi connectivity index (χ1v) is 9.10. The fraction of sp³-hybridized carbons (Fsp3) is 0.400. The van der Waals surface area contributed by atoms with Crippen molar-refractivity contribution in [2.24, 2.45) is 0 Å². The average molecular weight is 354 g/mol. The SMILES string of the molecule is CCCNc1ccc(C(=O)N2CCN(c3ccccc3OC)CC2)cn1. The summed E-state index contributed by atoms with van der Waals surface area (Å²) in [6, 6.07) is 11.7. The zero-order valence-electron chi connectivity index (χ0n) is 15.4. The second-order valence-electron chi connectivity index (χ2n) is 6.31. The number of hydrogen-bond donors (Lipinski definition) is 1. The molecule has 0 unspecified atom stereocenters. The molecule has 1 N–H and O–H groups in total. The molecule has 0 spiro atoms. The van der Waals surface area contributed by atoms with Crippen molar-refractivity contribution in [1.29, 1.82) is 0 Å². The van der Waals surface area contributed by atoms with Crippen LogP contribution in [0.2, 0.25) is 0 Å².